The van der Waals surface area contributed by atoms with Crippen molar-refractivity contribution in [2.45, 2.75) is 0 Å². The summed E-state index contributed by atoms with van der Waals surface area (Å²) in [4.78, 5) is 24.9. The summed E-state index contributed by atoms with van der Waals surface area (Å²) < 4.78 is 0. The summed E-state index contributed by atoms with van der Waals surface area (Å²) in [5.41, 5.74) is 1.76. The van der Waals surface area contributed by atoms with Crippen LogP contribution in [0.3, 0.4) is 0 Å². The molecule has 1 aliphatic rings. The highest BCUT2D eigenvalue weighted by atomic mass is 16.2. The van der Waals surface area contributed by atoms with Crippen LogP contribution in [-0.2, 0) is 0 Å². The molecular weight excluding hydrogens is 304 g/mol. The van der Waals surface area contributed by atoms with Gasteiger partial charge in [-0.05, 0) is 31.3 Å². The zero-order valence-electron chi connectivity index (χ0n) is 13.4. The lowest BCUT2D eigenvalue weighted by molar-refractivity contribution is 0.0658. The van der Waals surface area contributed by atoms with Gasteiger partial charge in [-0.15, -0.1) is 0 Å². The molecule has 2 aromatic rings. The summed E-state index contributed by atoms with van der Waals surface area (Å²) >= 11 is 0. The van der Waals surface area contributed by atoms with Crippen LogP contribution in [0.4, 0.5) is 11.5 Å². The Morgan fingerprint density at radius 3 is 2.42 bits per heavy atom. The van der Waals surface area contributed by atoms with E-state index in [1.807, 2.05) is 7.05 Å². The third-order valence-corrected chi connectivity index (χ3v) is 3.95. The highest BCUT2D eigenvalue weighted by Crippen LogP contribution is 2.15. The summed E-state index contributed by atoms with van der Waals surface area (Å²) in [5.74, 6) is 0.468. The van der Waals surface area contributed by atoms with E-state index in [0.29, 0.717) is 30.2 Å². The number of amides is 1. The van der Waals surface area contributed by atoms with Crippen molar-refractivity contribution in [2.24, 2.45) is 0 Å². The van der Waals surface area contributed by atoms with Crippen molar-refractivity contribution < 1.29 is 4.79 Å². The number of anilines is 2. The number of nitrogens with one attached hydrogen (secondary N) is 1. The first-order chi connectivity index (χ1) is 11.7. The van der Waals surface area contributed by atoms with Crippen LogP contribution in [0.5, 0.6) is 0 Å². The smallest absolute Gasteiger partial charge is 0.274 e. The number of piperazine rings is 1. The van der Waals surface area contributed by atoms with Gasteiger partial charge in [-0.1, -0.05) is 0 Å². The van der Waals surface area contributed by atoms with Gasteiger partial charge in [-0.3, -0.25) is 4.79 Å². The molecule has 0 atom stereocenters. The van der Waals surface area contributed by atoms with Gasteiger partial charge in [0.05, 0.1) is 24.0 Å². The number of carbonyl (C=O) groups excluding carboxylic acids is 1. The van der Waals surface area contributed by atoms with Crippen molar-refractivity contribution in [1.82, 2.24) is 19.8 Å². The van der Waals surface area contributed by atoms with Crippen molar-refractivity contribution in [2.75, 3.05) is 38.5 Å². The molecule has 7 heteroatoms. The maximum absolute atomic E-state index is 12.4. The number of hydrogen-bond donors (Lipinski definition) is 1. The summed E-state index contributed by atoms with van der Waals surface area (Å²) in [7, 11) is 2.05. The predicted molar refractivity (Wildman–Crippen MR) is 89.9 cm³/mol. The summed E-state index contributed by atoms with van der Waals surface area (Å²) in [6, 6.07) is 9.11. The van der Waals surface area contributed by atoms with E-state index in [4.69, 9.17) is 5.26 Å². The van der Waals surface area contributed by atoms with Gasteiger partial charge in [-0.25, -0.2) is 9.97 Å². The zero-order chi connectivity index (χ0) is 16.9. The standard InChI is InChI=1S/C17H18N6O/c1-22-6-8-23(9-7-22)17(24)15-11-20-16(12-19-15)21-14-4-2-13(10-18)3-5-14/h2-5,11-12H,6-9H2,1H3,(H,20,21). The van der Waals surface area contributed by atoms with Crippen LogP contribution >= 0.6 is 0 Å². The normalized spacial score (nSPS) is 14.9. The fraction of sp³-hybridized carbons (Fsp3) is 0.294. The molecule has 24 heavy (non-hydrogen) atoms. The first kappa shape index (κ1) is 15.9. The first-order valence-corrected chi connectivity index (χ1v) is 7.73. The highest BCUT2D eigenvalue weighted by molar-refractivity contribution is 5.92. The van der Waals surface area contributed by atoms with Crippen LogP contribution in [0.15, 0.2) is 36.7 Å². The van der Waals surface area contributed by atoms with Gasteiger partial charge in [-0.2, -0.15) is 5.26 Å². The largest absolute Gasteiger partial charge is 0.339 e. The zero-order valence-corrected chi connectivity index (χ0v) is 13.4. The summed E-state index contributed by atoms with van der Waals surface area (Å²) in [6.45, 7) is 3.17. The molecule has 1 amide bonds. The predicted octanol–water partition coefficient (Wildman–Crippen LogP) is 1.48. The monoisotopic (exact) mass is 322 g/mol. The lowest BCUT2D eigenvalue weighted by Crippen LogP contribution is -2.47. The average Bonchev–Trinajstić information content (AvgIpc) is 2.63. The fourth-order valence-electron chi connectivity index (χ4n) is 2.45. The Balaban J connectivity index is 1.64. The molecule has 1 aromatic heterocycles. The summed E-state index contributed by atoms with van der Waals surface area (Å²) in [6.07, 6.45) is 3.04. The Kier molecular flexibility index (Phi) is 4.68. The van der Waals surface area contributed by atoms with Crippen LogP contribution in [0, 0.1) is 11.3 Å². The third-order valence-electron chi connectivity index (χ3n) is 3.95. The second-order valence-corrected chi connectivity index (χ2v) is 5.70. The van der Waals surface area contributed by atoms with Gasteiger partial charge < -0.3 is 15.1 Å². The molecule has 1 aromatic carbocycles. The Morgan fingerprint density at radius 1 is 1.12 bits per heavy atom. The number of benzene rings is 1. The second kappa shape index (κ2) is 7.06. The molecule has 0 bridgehead atoms. The lowest BCUT2D eigenvalue weighted by atomic mass is 10.2. The van der Waals surface area contributed by atoms with Crippen molar-refractivity contribution in [3.8, 4) is 6.07 Å². The Hall–Kier alpha value is -2.98. The lowest BCUT2D eigenvalue weighted by Gasteiger charge is -2.32. The molecule has 0 radical (unpaired) electrons. The first-order valence-electron chi connectivity index (χ1n) is 7.73. The van der Waals surface area contributed by atoms with Crippen LogP contribution < -0.4 is 5.32 Å². The number of hydrogen-bond acceptors (Lipinski definition) is 6. The molecule has 1 N–H and O–H groups in total. The van der Waals surface area contributed by atoms with Gasteiger partial charge >= 0.3 is 0 Å². The van der Waals surface area contributed by atoms with E-state index in [0.717, 1.165) is 18.8 Å². The quantitative estimate of drug-likeness (QED) is 0.921. The topological polar surface area (TPSA) is 85.1 Å². The number of aromatic nitrogens is 2. The number of likely N-dealkylation sites (N-methyl/N-ethyl adjacent to an activating group) is 1. The van der Waals surface area contributed by atoms with E-state index in [-0.39, 0.29) is 5.91 Å². The number of nitriles is 1. The number of rotatable bonds is 3. The minimum Gasteiger partial charge on any atom is -0.339 e. The molecule has 1 aliphatic heterocycles. The second-order valence-electron chi connectivity index (χ2n) is 5.70. The minimum atomic E-state index is -0.0828. The van der Waals surface area contributed by atoms with Crippen molar-refractivity contribution in [3.63, 3.8) is 0 Å². The van der Waals surface area contributed by atoms with E-state index in [1.54, 1.807) is 35.4 Å². The van der Waals surface area contributed by atoms with Crippen LogP contribution in [-0.4, -0.2) is 58.9 Å². The maximum atomic E-state index is 12.4. The van der Waals surface area contributed by atoms with E-state index >= 15 is 0 Å². The molecular formula is C17H18N6O. The molecule has 1 fully saturated rings. The van der Waals surface area contributed by atoms with Crippen molar-refractivity contribution in [1.29, 1.82) is 5.26 Å². The molecule has 0 unspecified atom stereocenters. The molecule has 3 rings (SSSR count). The van der Waals surface area contributed by atoms with E-state index in [2.05, 4.69) is 26.3 Å². The van der Waals surface area contributed by atoms with Crippen LogP contribution in [0.1, 0.15) is 16.1 Å². The fourth-order valence-corrected chi connectivity index (χ4v) is 2.45. The Morgan fingerprint density at radius 2 is 1.83 bits per heavy atom. The number of nitrogens with zero attached hydrogens (tertiary/aromatic N) is 5. The Bertz CT molecular complexity index is 742. The molecule has 7 nitrogen and oxygen atoms in total. The third kappa shape index (κ3) is 3.67. The average molecular weight is 322 g/mol. The van der Waals surface area contributed by atoms with Gasteiger partial charge in [0, 0.05) is 31.9 Å². The van der Waals surface area contributed by atoms with E-state index < -0.39 is 0 Å². The van der Waals surface area contributed by atoms with Crippen molar-refractivity contribution >= 4 is 17.4 Å². The maximum Gasteiger partial charge on any atom is 0.274 e. The highest BCUT2D eigenvalue weighted by Gasteiger charge is 2.21. The minimum absolute atomic E-state index is 0.0828. The summed E-state index contributed by atoms with van der Waals surface area (Å²) in [5, 5.41) is 11.9. The van der Waals surface area contributed by atoms with Gasteiger partial charge in [0.25, 0.3) is 5.91 Å². The Labute approximate surface area is 140 Å². The van der Waals surface area contributed by atoms with E-state index in [1.165, 1.54) is 6.20 Å². The SMILES string of the molecule is CN1CCN(C(=O)c2cnc(Nc3ccc(C#N)cc3)cn2)CC1. The van der Waals surface area contributed by atoms with E-state index in [9.17, 15) is 4.79 Å². The molecule has 0 aliphatic carbocycles. The molecule has 0 saturated carbocycles. The van der Waals surface area contributed by atoms with Gasteiger partial charge in [0.2, 0.25) is 0 Å². The molecule has 1 saturated heterocycles. The number of carbonyl (C=O) groups is 1. The van der Waals surface area contributed by atoms with Crippen molar-refractivity contribution in [3.05, 3.63) is 47.9 Å². The van der Waals surface area contributed by atoms with Gasteiger partial charge in [0.1, 0.15) is 11.5 Å². The molecule has 122 valence electrons. The van der Waals surface area contributed by atoms with Crippen LogP contribution in [0.2, 0.25) is 0 Å². The van der Waals surface area contributed by atoms with Gasteiger partial charge in [0.15, 0.2) is 0 Å². The molecule has 2 heterocycles. The molecule has 0 spiro atoms. The van der Waals surface area contributed by atoms with Crippen LogP contribution in [0.25, 0.3) is 0 Å².